The molecule has 1 unspecified atom stereocenters. The summed E-state index contributed by atoms with van der Waals surface area (Å²) < 4.78 is 11.3. The number of halogens is 1. The second kappa shape index (κ2) is 7.45. The zero-order valence-electron chi connectivity index (χ0n) is 13.3. The first-order chi connectivity index (χ1) is 11.6. The first-order valence-corrected chi connectivity index (χ1v) is 8.22. The van der Waals surface area contributed by atoms with Crippen molar-refractivity contribution < 1.29 is 14.3 Å². The first-order valence-electron chi connectivity index (χ1n) is 7.84. The number of benzene rings is 2. The molecule has 1 amide bonds. The molecular formula is C18H19ClN2O3. The molecule has 6 heteroatoms. The predicted molar refractivity (Wildman–Crippen MR) is 95.2 cm³/mol. The number of nitrogens with one attached hydrogen (secondary N) is 2. The average molecular weight is 347 g/mol. The lowest BCUT2D eigenvalue weighted by Gasteiger charge is -2.17. The Morgan fingerprint density at radius 1 is 1.08 bits per heavy atom. The Bertz CT molecular complexity index is 736. The highest BCUT2D eigenvalue weighted by molar-refractivity contribution is 6.30. The Morgan fingerprint density at radius 2 is 1.88 bits per heavy atom. The number of rotatable bonds is 4. The minimum atomic E-state index is -0.422. The van der Waals surface area contributed by atoms with Crippen molar-refractivity contribution in [1.82, 2.24) is 0 Å². The Balaban J connectivity index is 1.64. The lowest BCUT2D eigenvalue weighted by Crippen LogP contribution is -2.31. The highest BCUT2D eigenvalue weighted by Gasteiger charge is 2.15. The maximum absolute atomic E-state index is 12.3. The Morgan fingerprint density at radius 3 is 2.67 bits per heavy atom. The summed E-state index contributed by atoms with van der Waals surface area (Å²) in [5, 5.41) is 6.58. The van der Waals surface area contributed by atoms with E-state index in [-0.39, 0.29) is 5.91 Å². The van der Waals surface area contributed by atoms with E-state index < -0.39 is 6.04 Å². The molecule has 1 aliphatic heterocycles. The van der Waals surface area contributed by atoms with Gasteiger partial charge in [0.15, 0.2) is 11.5 Å². The number of amides is 1. The summed E-state index contributed by atoms with van der Waals surface area (Å²) in [6.45, 7) is 3.07. The molecule has 0 aliphatic carbocycles. The monoisotopic (exact) mass is 346 g/mol. The van der Waals surface area contributed by atoms with Gasteiger partial charge in [-0.1, -0.05) is 17.7 Å². The number of hydrogen-bond donors (Lipinski definition) is 2. The van der Waals surface area contributed by atoms with Gasteiger partial charge in [0.05, 0.1) is 13.2 Å². The highest BCUT2D eigenvalue weighted by atomic mass is 35.5. The fourth-order valence-electron chi connectivity index (χ4n) is 2.39. The van der Waals surface area contributed by atoms with Gasteiger partial charge in [-0.15, -0.1) is 0 Å². The van der Waals surface area contributed by atoms with E-state index in [1.54, 1.807) is 31.2 Å². The maximum Gasteiger partial charge on any atom is 0.246 e. The third-order valence-electron chi connectivity index (χ3n) is 3.62. The normalized spacial score (nSPS) is 14.4. The van der Waals surface area contributed by atoms with Crippen molar-refractivity contribution in [2.24, 2.45) is 0 Å². The Labute approximate surface area is 145 Å². The van der Waals surface area contributed by atoms with E-state index in [4.69, 9.17) is 21.1 Å². The Kier molecular flexibility index (Phi) is 5.11. The quantitative estimate of drug-likeness (QED) is 0.880. The number of carbonyl (C=O) groups is 1. The molecule has 5 nitrogen and oxygen atoms in total. The molecule has 3 rings (SSSR count). The van der Waals surface area contributed by atoms with Crippen LogP contribution in [0.15, 0.2) is 42.5 Å². The van der Waals surface area contributed by atoms with Crippen LogP contribution in [0, 0.1) is 0 Å². The summed E-state index contributed by atoms with van der Waals surface area (Å²) in [4.78, 5) is 12.3. The Hall–Kier alpha value is -2.40. The lowest BCUT2D eigenvalue weighted by atomic mass is 10.2. The summed E-state index contributed by atoms with van der Waals surface area (Å²) in [7, 11) is 0. The van der Waals surface area contributed by atoms with E-state index in [1.807, 2.05) is 18.2 Å². The van der Waals surface area contributed by atoms with Gasteiger partial charge >= 0.3 is 0 Å². The van der Waals surface area contributed by atoms with E-state index in [2.05, 4.69) is 10.6 Å². The molecule has 0 aromatic heterocycles. The molecule has 0 radical (unpaired) electrons. The van der Waals surface area contributed by atoms with Gasteiger partial charge in [0, 0.05) is 28.9 Å². The van der Waals surface area contributed by atoms with Gasteiger partial charge in [0.2, 0.25) is 5.91 Å². The predicted octanol–water partition coefficient (Wildman–Crippen LogP) is 3.94. The van der Waals surface area contributed by atoms with Crippen LogP contribution in [0.2, 0.25) is 5.02 Å². The van der Waals surface area contributed by atoms with Crippen LogP contribution in [0.25, 0.3) is 0 Å². The smallest absolute Gasteiger partial charge is 0.246 e. The number of ether oxygens (including phenoxy) is 2. The molecule has 0 saturated heterocycles. The highest BCUT2D eigenvalue weighted by Crippen LogP contribution is 2.32. The molecule has 1 atom stereocenters. The molecule has 0 fully saturated rings. The van der Waals surface area contributed by atoms with E-state index >= 15 is 0 Å². The van der Waals surface area contributed by atoms with Crippen LogP contribution < -0.4 is 20.1 Å². The third-order valence-corrected chi connectivity index (χ3v) is 3.85. The van der Waals surface area contributed by atoms with E-state index in [0.717, 1.165) is 17.9 Å². The fraction of sp³-hybridized carbons (Fsp3) is 0.278. The summed E-state index contributed by atoms with van der Waals surface area (Å²) in [5.41, 5.74) is 1.47. The van der Waals surface area contributed by atoms with Gasteiger partial charge in [-0.25, -0.2) is 0 Å². The molecule has 0 saturated carbocycles. The molecule has 2 aromatic carbocycles. The molecule has 0 bridgehead atoms. The number of hydrogen-bond acceptors (Lipinski definition) is 4. The van der Waals surface area contributed by atoms with Gasteiger partial charge in [-0.3, -0.25) is 4.79 Å². The van der Waals surface area contributed by atoms with Crippen LogP contribution in [0.3, 0.4) is 0 Å². The van der Waals surface area contributed by atoms with Crippen LogP contribution in [-0.2, 0) is 4.79 Å². The number of fused-ring (bicyclic) bond motifs is 1. The SMILES string of the molecule is CC(Nc1ccc2c(c1)OCCCO2)C(=O)Nc1cccc(Cl)c1. The molecule has 1 aliphatic rings. The number of carbonyl (C=O) groups excluding carboxylic acids is 1. The third kappa shape index (κ3) is 4.11. The molecule has 0 spiro atoms. The second-order valence-corrected chi connectivity index (χ2v) is 6.01. The van der Waals surface area contributed by atoms with Crippen LogP contribution in [0.1, 0.15) is 13.3 Å². The van der Waals surface area contributed by atoms with Crippen LogP contribution in [-0.4, -0.2) is 25.2 Å². The van der Waals surface area contributed by atoms with Gasteiger partial charge < -0.3 is 20.1 Å². The summed E-state index contributed by atoms with van der Waals surface area (Å²) >= 11 is 5.93. The minimum absolute atomic E-state index is 0.149. The van der Waals surface area contributed by atoms with Gasteiger partial charge in [-0.05, 0) is 37.3 Å². The van der Waals surface area contributed by atoms with Crippen molar-refractivity contribution in [1.29, 1.82) is 0 Å². The molecule has 126 valence electrons. The van der Waals surface area contributed by atoms with Crippen molar-refractivity contribution in [3.05, 3.63) is 47.5 Å². The molecule has 2 N–H and O–H groups in total. The molecule has 24 heavy (non-hydrogen) atoms. The van der Waals surface area contributed by atoms with Gasteiger partial charge in [0.25, 0.3) is 0 Å². The van der Waals surface area contributed by atoms with E-state index in [0.29, 0.717) is 29.7 Å². The molecule has 1 heterocycles. The summed E-state index contributed by atoms with van der Waals surface area (Å²) in [6, 6.07) is 12.2. The van der Waals surface area contributed by atoms with Gasteiger partial charge in [-0.2, -0.15) is 0 Å². The topological polar surface area (TPSA) is 59.6 Å². The van der Waals surface area contributed by atoms with Crippen LogP contribution in [0.5, 0.6) is 11.5 Å². The van der Waals surface area contributed by atoms with Crippen molar-refractivity contribution in [2.75, 3.05) is 23.8 Å². The van der Waals surface area contributed by atoms with Crippen molar-refractivity contribution in [3.63, 3.8) is 0 Å². The van der Waals surface area contributed by atoms with Crippen molar-refractivity contribution in [2.45, 2.75) is 19.4 Å². The molecular weight excluding hydrogens is 328 g/mol. The van der Waals surface area contributed by atoms with Crippen LogP contribution in [0.4, 0.5) is 11.4 Å². The summed E-state index contributed by atoms with van der Waals surface area (Å²) in [5.74, 6) is 1.28. The zero-order valence-corrected chi connectivity index (χ0v) is 14.1. The maximum atomic E-state index is 12.3. The molecule has 2 aromatic rings. The van der Waals surface area contributed by atoms with Crippen molar-refractivity contribution in [3.8, 4) is 11.5 Å². The van der Waals surface area contributed by atoms with E-state index in [9.17, 15) is 4.79 Å². The second-order valence-electron chi connectivity index (χ2n) is 5.58. The van der Waals surface area contributed by atoms with E-state index in [1.165, 1.54) is 0 Å². The van der Waals surface area contributed by atoms with Crippen LogP contribution >= 0.6 is 11.6 Å². The largest absolute Gasteiger partial charge is 0.490 e. The van der Waals surface area contributed by atoms with Gasteiger partial charge in [0.1, 0.15) is 6.04 Å². The van der Waals surface area contributed by atoms with Crippen molar-refractivity contribution >= 4 is 28.9 Å². The average Bonchev–Trinajstić information content (AvgIpc) is 2.79. The zero-order chi connectivity index (χ0) is 16.9. The fourth-order valence-corrected chi connectivity index (χ4v) is 2.58. The first kappa shape index (κ1) is 16.5. The lowest BCUT2D eigenvalue weighted by molar-refractivity contribution is -0.116. The summed E-state index contributed by atoms with van der Waals surface area (Å²) in [6.07, 6.45) is 0.857. The number of anilines is 2. The standard InChI is InChI=1S/C18H19ClN2O3/c1-12(18(22)21-14-5-2-4-13(19)10-14)20-15-6-7-16-17(11-15)24-9-3-8-23-16/h2,4-7,10-12,20H,3,8-9H2,1H3,(H,21,22). The minimum Gasteiger partial charge on any atom is -0.490 e.